The summed E-state index contributed by atoms with van der Waals surface area (Å²) in [4.78, 5) is 15.8. The third kappa shape index (κ3) is 2.29. The van der Waals surface area contributed by atoms with E-state index in [2.05, 4.69) is 4.98 Å². The van der Waals surface area contributed by atoms with Crippen LogP contribution in [0, 0.1) is 13.8 Å². The highest BCUT2D eigenvalue weighted by atomic mass is 16.5. The number of pyridine rings is 1. The van der Waals surface area contributed by atoms with E-state index in [0.717, 1.165) is 34.4 Å². The molecule has 0 aliphatic carbocycles. The van der Waals surface area contributed by atoms with Crippen molar-refractivity contribution < 1.29 is 9.53 Å². The lowest BCUT2D eigenvalue weighted by Gasteiger charge is -2.05. The first-order valence-electron chi connectivity index (χ1n) is 6.72. The molecule has 0 saturated heterocycles. The average molecular weight is 280 g/mol. The van der Waals surface area contributed by atoms with Gasteiger partial charge in [-0.2, -0.15) is 0 Å². The van der Waals surface area contributed by atoms with Gasteiger partial charge in [0.05, 0.1) is 18.4 Å². The van der Waals surface area contributed by atoms with Crippen molar-refractivity contribution in [1.82, 2.24) is 9.38 Å². The molecule has 0 radical (unpaired) electrons. The zero-order chi connectivity index (χ0) is 15.0. The first kappa shape index (κ1) is 13.4. The van der Waals surface area contributed by atoms with Crippen LogP contribution in [0.15, 0.2) is 36.7 Å². The SMILES string of the molecule is COc1ccc(-c2cn3cc(C)cc(C=O)c3n2)c(C)c1. The third-order valence-electron chi connectivity index (χ3n) is 3.55. The van der Waals surface area contributed by atoms with Gasteiger partial charge in [0.15, 0.2) is 6.29 Å². The molecule has 3 rings (SSSR count). The Morgan fingerprint density at radius 1 is 1.19 bits per heavy atom. The van der Waals surface area contributed by atoms with Crippen LogP contribution < -0.4 is 4.74 Å². The average Bonchev–Trinajstić information content (AvgIpc) is 2.89. The van der Waals surface area contributed by atoms with E-state index in [9.17, 15) is 4.79 Å². The molecule has 4 heteroatoms. The summed E-state index contributed by atoms with van der Waals surface area (Å²) in [7, 11) is 1.65. The molecule has 0 saturated carbocycles. The molecule has 0 aliphatic rings. The van der Waals surface area contributed by atoms with Gasteiger partial charge in [-0.25, -0.2) is 4.98 Å². The predicted molar refractivity (Wildman–Crippen MR) is 82.0 cm³/mol. The fraction of sp³-hybridized carbons (Fsp3) is 0.176. The zero-order valence-electron chi connectivity index (χ0n) is 12.3. The lowest BCUT2D eigenvalue weighted by Crippen LogP contribution is -1.91. The number of aromatic nitrogens is 2. The molecule has 1 aromatic carbocycles. The van der Waals surface area contributed by atoms with Gasteiger partial charge in [-0.05, 0) is 49.2 Å². The number of hydrogen-bond donors (Lipinski definition) is 0. The number of hydrogen-bond acceptors (Lipinski definition) is 3. The minimum Gasteiger partial charge on any atom is -0.497 e. The van der Waals surface area contributed by atoms with Crippen molar-refractivity contribution >= 4 is 11.9 Å². The standard InChI is InChI=1S/C17H16N2O2/c1-11-6-13(10-20)17-18-16(9-19(17)8-11)15-5-4-14(21-3)7-12(15)2/h4-10H,1-3H3. The Morgan fingerprint density at radius 2 is 2.00 bits per heavy atom. The van der Waals surface area contributed by atoms with Gasteiger partial charge in [0, 0.05) is 18.0 Å². The number of carbonyl (C=O) groups is 1. The van der Waals surface area contributed by atoms with Gasteiger partial charge in [0.25, 0.3) is 0 Å². The third-order valence-corrected chi connectivity index (χ3v) is 3.55. The number of fused-ring (bicyclic) bond motifs is 1. The molecule has 0 unspecified atom stereocenters. The molecule has 2 aromatic heterocycles. The smallest absolute Gasteiger partial charge is 0.153 e. The van der Waals surface area contributed by atoms with E-state index in [0.29, 0.717) is 11.2 Å². The summed E-state index contributed by atoms with van der Waals surface area (Å²) in [6, 6.07) is 7.73. The van der Waals surface area contributed by atoms with Gasteiger partial charge in [0.2, 0.25) is 0 Å². The van der Waals surface area contributed by atoms with Crippen LogP contribution in [0.2, 0.25) is 0 Å². The second kappa shape index (κ2) is 5.05. The van der Waals surface area contributed by atoms with Gasteiger partial charge in [-0.3, -0.25) is 4.79 Å². The van der Waals surface area contributed by atoms with Crippen LogP contribution in [0.3, 0.4) is 0 Å². The summed E-state index contributed by atoms with van der Waals surface area (Å²) >= 11 is 0. The van der Waals surface area contributed by atoms with Crippen LogP contribution in [0.4, 0.5) is 0 Å². The number of ether oxygens (including phenoxy) is 1. The number of methoxy groups -OCH3 is 1. The summed E-state index contributed by atoms with van der Waals surface area (Å²) in [6.07, 6.45) is 4.77. The van der Waals surface area contributed by atoms with Crippen LogP contribution in [0.1, 0.15) is 21.5 Å². The highest BCUT2D eigenvalue weighted by Crippen LogP contribution is 2.27. The molecule has 0 atom stereocenters. The maximum atomic E-state index is 11.2. The molecule has 21 heavy (non-hydrogen) atoms. The Morgan fingerprint density at radius 3 is 2.67 bits per heavy atom. The van der Waals surface area contributed by atoms with Crippen LogP contribution >= 0.6 is 0 Å². The number of nitrogens with zero attached hydrogens (tertiary/aromatic N) is 2. The molecule has 2 heterocycles. The van der Waals surface area contributed by atoms with Crippen LogP contribution in [-0.2, 0) is 0 Å². The van der Waals surface area contributed by atoms with Crippen LogP contribution in [0.25, 0.3) is 16.9 Å². The van der Waals surface area contributed by atoms with Gasteiger partial charge >= 0.3 is 0 Å². The fourth-order valence-corrected chi connectivity index (χ4v) is 2.54. The molecule has 0 amide bonds. The summed E-state index contributed by atoms with van der Waals surface area (Å²) in [6.45, 7) is 3.98. The zero-order valence-corrected chi connectivity index (χ0v) is 12.3. The number of imidazole rings is 1. The molecule has 0 fully saturated rings. The quantitative estimate of drug-likeness (QED) is 0.690. The van der Waals surface area contributed by atoms with Gasteiger partial charge in [-0.15, -0.1) is 0 Å². The van der Waals surface area contributed by atoms with E-state index in [1.807, 2.05) is 54.9 Å². The van der Waals surface area contributed by atoms with Crippen molar-refractivity contribution in [2.45, 2.75) is 13.8 Å². The number of carbonyl (C=O) groups excluding carboxylic acids is 1. The summed E-state index contributed by atoms with van der Waals surface area (Å²) in [5.41, 5.74) is 5.29. The summed E-state index contributed by atoms with van der Waals surface area (Å²) < 4.78 is 7.13. The van der Waals surface area contributed by atoms with Crippen molar-refractivity contribution in [3.05, 3.63) is 53.3 Å². The second-order valence-electron chi connectivity index (χ2n) is 5.13. The monoisotopic (exact) mass is 280 g/mol. The van der Waals surface area contributed by atoms with Crippen molar-refractivity contribution in [2.75, 3.05) is 7.11 Å². The minimum absolute atomic E-state index is 0.604. The Kier molecular flexibility index (Phi) is 3.22. The fourth-order valence-electron chi connectivity index (χ4n) is 2.54. The Bertz CT molecular complexity index is 834. The maximum absolute atomic E-state index is 11.2. The minimum atomic E-state index is 0.604. The molecule has 4 nitrogen and oxygen atoms in total. The first-order valence-corrected chi connectivity index (χ1v) is 6.72. The number of benzene rings is 1. The van der Waals surface area contributed by atoms with Crippen molar-refractivity contribution in [1.29, 1.82) is 0 Å². The molecule has 0 aliphatic heterocycles. The second-order valence-corrected chi connectivity index (χ2v) is 5.13. The van der Waals surface area contributed by atoms with E-state index in [4.69, 9.17) is 4.74 Å². The summed E-state index contributed by atoms with van der Waals surface area (Å²) in [5, 5.41) is 0. The Balaban J connectivity index is 2.19. The number of rotatable bonds is 3. The lowest BCUT2D eigenvalue weighted by atomic mass is 10.1. The molecular formula is C17H16N2O2. The van der Waals surface area contributed by atoms with Gasteiger partial charge in [-0.1, -0.05) is 0 Å². The molecule has 3 aromatic rings. The molecular weight excluding hydrogens is 264 g/mol. The van der Waals surface area contributed by atoms with E-state index in [-0.39, 0.29) is 0 Å². The maximum Gasteiger partial charge on any atom is 0.153 e. The highest BCUT2D eigenvalue weighted by molar-refractivity contribution is 5.85. The van der Waals surface area contributed by atoms with E-state index < -0.39 is 0 Å². The van der Waals surface area contributed by atoms with Crippen LogP contribution in [0.5, 0.6) is 5.75 Å². The summed E-state index contributed by atoms with van der Waals surface area (Å²) in [5.74, 6) is 0.824. The van der Waals surface area contributed by atoms with Crippen molar-refractivity contribution in [3.63, 3.8) is 0 Å². The van der Waals surface area contributed by atoms with Crippen LogP contribution in [-0.4, -0.2) is 22.8 Å². The van der Waals surface area contributed by atoms with E-state index in [1.165, 1.54) is 0 Å². The van der Waals surface area contributed by atoms with E-state index in [1.54, 1.807) is 7.11 Å². The molecule has 0 spiro atoms. The predicted octanol–water partition coefficient (Wildman–Crippen LogP) is 3.44. The normalized spacial score (nSPS) is 10.8. The van der Waals surface area contributed by atoms with Gasteiger partial charge in [0.1, 0.15) is 11.4 Å². The first-order chi connectivity index (χ1) is 10.1. The number of aldehydes is 1. The lowest BCUT2D eigenvalue weighted by molar-refractivity contribution is 0.112. The Hall–Kier alpha value is -2.62. The Labute approximate surface area is 123 Å². The van der Waals surface area contributed by atoms with E-state index >= 15 is 0 Å². The number of aryl methyl sites for hydroxylation is 2. The van der Waals surface area contributed by atoms with Gasteiger partial charge < -0.3 is 9.14 Å². The molecule has 0 bridgehead atoms. The highest BCUT2D eigenvalue weighted by Gasteiger charge is 2.11. The molecule has 106 valence electrons. The van der Waals surface area contributed by atoms with Crippen molar-refractivity contribution in [3.8, 4) is 17.0 Å². The largest absolute Gasteiger partial charge is 0.497 e. The van der Waals surface area contributed by atoms with Crippen molar-refractivity contribution in [2.24, 2.45) is 0 Å². The topological polar surface area (TPSA) is 43.6 Å². The molecule has 0 N–H and O–H groups in total.